The fourth-order valence-corrected chi connectivity index (χ4v) is 6.74. The highest BCUT2D eigenvalue weighted by atomic mass is 31.2. The normalized spacial score (nSPS) is 18.8. The fourth-order valence-electron chi connectivity index (χ4n) is 4.58. The SMILES string of the molecule is CCOP(=O)(CCC#N)CN1CCN(COC(=O)C(C)(C)C)CCN(CC(=O)OC(C)(C)C)CCN(CC(=O)OC(C)(C)C)CC1. The third-order valence-corrected chi connectivity index (χ3v) is 9.27. The first-order chi connectivity index (χ1) is 21.1. The predicted octanol–water partition coefficient (Wildman–Crippen LogP) is 3.62. The Morgan fingerprint density at radius 3 is 1.50 bits per heavy atom. The molecule has 1 aliphatic heterocycles. The van der Waals surface area contributed by atoms with Crippen molar-refractivity contribution in [3.63, 3.8) is 0 Å². The monoisotopic (exact) mass is 673 g/mol. The molecular formula is C32H60N5O8P. The first-order valence-electron chi connectivity index (χ1n) is 16.2. The standard InChI is InChI=1S/C32H60N5O8P/c1-11-43-46(41,22-12-13-33)26-37-20-17-35(24-28(39)45-32(8,9)10)15-14-34(23-27(38)44-31(5,6)7)16-18-36(19-21-37)25-42-29(40)30(2,3)4/h11-12,14-26H2,1-10H3. The van der Waals surface area contributed by atoms with Crippen LogP contribution < -0.4 is 0 Å². The lowest BCUT2D eigenvalue weighted by Gasteiger charge is -2.35. The quantitative estimate of drug-likeness (QED) is 0.169. The van der Waals surface area contributed by atoms with Crippen LogP contribution in [0.5, 0.6) is 0 Å². The molecule has 0 radical (unpaired) electrons. The van der Waals surface area contributed by atoms with Crippen LogP contribution in [0.3, 0.4) is 0 Å². The van der Waals surface area contributed by atoms with E-state index in [1.165, 1.54) is 0 Å². The molecule has 266 valence electrons. The topological polar surface area (TPSA) is 142 Å². The minimum atomic E-state index is -3.14. The minimum absolute atomic E-state index is 0.0534. The van der Waals surface area contributed by atoms with Gasteiger partial charge in [-0.2, -0.15) is 5.26 Å². The van der Waals surface area contributed by atoms with Crippen LogP contribution in [0, 0.1) is 16.7 Å². The molecule has 0 aromatic heterocycles. The van der Waals surface area contributed by atoms with Gasteiger partial charge >= 0.3 is 17.9 Å². The first kappa shape index (κ1) is 42.0. The molecule has 13 nitrogen and oxygen atoms in total. The van der Waals surface area contributed by atoms with Gasteiger partial charge in [0.1, 0.15) is 17.9 Å². The van der Waals surface area contributed by atoms with Crippen LogP contribution in [0.1, 0.15) is 75.7 Å². The Balaban J connectivity index is 3.32. The van der Waals surface area contributed by atoms with Crippen LogP contribution in [0.2, 0.25) is 0 Å². The van der Waals surface area contributed by atoms with Gasteiger partial charge in [0.15, 0.2) is 0 Å². The molecule has 46 heavy (non-hydrogen) atoms. The van der Waals surface area contributed by atoms with E-state index in [4.69, 9.17) is 24.0 Å². The second-order valence-electron chi connectivity index (χ2n) is 14.8. The van der Waals surface area contributed by atoms with E-state index >= 15 is 0 Å². The number of ether oxygens (including phenoxy) is 3. The average molecular weight is 674 g/mol. The summed E-state index contributed by atoms with van der Waals surface area (Å²) in [6, 6.07) is 2.07. The first-order valence-corrected chi connectivity index (χ1v) is 18.2. The third-order valence-electron chi connectivity index (χ3n) is 6.81. The van der Waals surface area contributed by atoms with Crippen molar-refractivity contribution in [2.24, 2.45) is 5.41 Å². The zero-order valence-corrected chi connectivity index (χ0v) is 31.0. The van der Waals surface area contributed by atoms with Crippen molar-refractivity contribution in [1.82, 2.24) is 19.6 Å². The zero-order chi connectivity index (χ0) is 35.2. The number of carbonyl (C=O) groups is 3. The van der Waals surface area contributed by atoms with Gasteiger partial charge in [0, 0.05) is 64.9 Å². The second kappa shape index (κ2) is 19.1. The van der Waals surface area contributed by atoms with E-state index in [1.807, 2.05) is 61.1 Å². The molecule has 0 aliphatic carbocycles. The average Bonchev–Trinajstić information content (AvgIpc) is 2.88. The summed E-state index contributed by atoms with van der Waals surface area (Å²) in [6.45, 7) is 22.3. The van der Waals surface area contributed by atoms with Gasteiger partial charge in [0.2, 0.25) is 7.37 Å². The molecule has 1 rings (SSSR count). The summed E-state index contributed by atoms with van der Waals surface area (Å²) in [5, 5.41) is 9.17. The van der Waals surface area contributed by atoms with Crippen molar-refractivity contribution in [1.29, 1.82) is 5.26 Å². The molecule has 1 aliphatic rings. The zero-order valence-electron chi connectivity index (χ0n) is 30.1. The number of carbonyl (C=O) groups excluding carboxylic acids is 3. The highest BCUT2D eigenvalue weighted by Crippen LogP contribution is 2.47. The van der Waals surface area contributed by atoms with Gasteiger partial charge in [0.25, 0.3) is 0 Å². The lowest BCUT2D eigenvalue weighted by atomic mass is 9.98. The highest BCUT2D eigenvalue weighted by Gasteiger charge is 2.29. The summed E-state index contributed by atoms with van der Waals surface area (Å²) < 4.78 is 36.3. The maximum Gasteiger partial charge on any atom is 0.320 e. The Hall–Kier alpha value is -2.07. The summed E-state index contributed by atoms with van der Waals surface area (Å²) in [6.07, 6.45) is 0.434. The molecule has 1 unspecified atom stereocenters. The maximum absolute atomic E-state index is 13.7. The Bertz CT molecular complexity index is 1060. The van der Waals surface area contributed by atoms with Crippen molar-refractivity contribution in [3.8, 4) is 6.07 Å². The van der Waals surface area contributed by atoms with Gasteiger partial charge in [-0.15, -0.1) is 0 Å². The number of nitriles is 1. The number of nitrogens with zero attached hydrogens (tertiary/aromatic N) is 5. The van der Waals surface area contributed by atoms with E-state index in [9.17, 15) is 18.9 Å². The molecule has 1 heterocycles. The van der Waals surface area contributed by atoms with E-state index in [-0.39, 0.29) is 63.2 Å². The van der Waals surface area contributed by atoms with Crippen LogP contribution in [0.25, 0.3) is 0 Å². The van der Waals surface area contributed by atoms with Crippen LogP contribution in [-0.2, 0) is 37.7 Å². The van der Waals surface area contributed by atoms with Crippen molar-refractivity contribution in [2.45, 2.75) is 86.9 Å². The molecule has 0 amide bonds. The fraction of sp³-hybridized carbons (Fsp3) is 0.875. The number of hydrogen-bond acceptors (Lipinski definition) is 13. The maximum atomic E-state index is 13.7. The number of esters is 3. The molecule has 0 N–H and O–H groups in total. The Morgan fingerprint density at radius 1 is 0.717 bits per heavy atom. The molecular weight excluding hydrogens is 613 g/mol. The molecule has 1 fully saturated rings. The van der Waals surface area contributed by atoms with Crippen LogP contribution >= 0.6 is 7.37 Å². The molecule has 14 heteroatoms. The summed E-state index contributed by atoms with van der Waals surface area (Å²) in [5.74, 6) is -1.03. The highest BCUT2D eigenvalue weighted by molar-refractivity contribution is 7.58. The smallest absolute Gasteiger partial charge is 0.320 e. The van der Waals surface area contributed by atoms with Gasteiger partial charge in [-0.05, 0) is 69.2 Å². The van der Waals surface area contributed by atoms with Crippen molar-refractivity contribution < 1.29 is 37.7 Å². The Morgan fingerprint density at radius 2 is 1.13 bits per heavy atom. The second-order valence-corrected chi connectivity index (χ2v) is 17.4. The van der Waals surface area contributed by atoms with E-state index < -0.39 is 24.0 Å². The van der Waals surface area contributed by atoms with E-state index in [0.717, 1.165) is 0 Å². The predicted molar refractivity (Wildman–Crippen MR) is 177 cm³/mol. The van der Waals surface area contributed by atoms with Crippen molar-refractivity contribution >= 4 is 25.3 Å². The van der Waals surface area contributed by atoms with Crippen molar-refractivity contribution in [3.05, 3.63) is 0 Å². The third kappa shape index (κ3) is 18.9. The summed E-state index contributed by atoms with van der Waals surface area (Å²) >= 11 is 0. The molecule has 0 aromatic rings. The molecule has 0 saturated carbocycles. The molecule has 0 spiro atoms. The molecule has 0 aromatic carbocycles. The summed E-state index contributed by atoms with van der Waals surface area (Å²) in [5.41, 5.74) is -1.93. The van der Waals surface area contributed by atoms with E-state index in [0.29, 0.717) is 52.4 Å². The van der Waals surface area contributed by atoms with Gasteiger partial charge in [-0.3, -0.25) is 38.5 Å². The largest absolute Gasteiger partial charge is 0.459 e. The van der Waals surface area contributed by atoms with Gasteiger partial charge in [0.05, 0.1) is 37.5 Å². The Labute approximate surface area is 277 Å². The van der Waals surface area contributed by atoms with Gasteiger partial charge in [-0.25, -0.2) is 0 Å². The molecule has 1 saturated heterocycles. The molecule has 1 atom stereocenters. The van der Waals surface area contributed by atoms with E-state index in [1.54, 1.807) is 27.7 Å². The molecule has 0 bridgehead atoms. The van der Waals surface area contributed by atoms with Crippen molar-refractivity contribution in [2.75, 3.05) is 91.2 Å². The summed E-state index contributed by atoms with van der Waals surface area (Å²) in [4.78, 5) is 46.3. The van der Waals surface area contributed by atoms with Gasteiger partial charge < -0.3 is 18.7 Å². The van der Waals surface area contributed by atoms with Crippen LogP contribution in [-0.4, -0.2) is 140 Å². The van der Waals surface area contributed by atoms with Gasteiger partial charge in [-0.1, -0.05) is 0 Å². The Kier molecular flexibility index (Phi) is 17.4. The number of rotatable bonds is 12. The number of hydrogen-bond donors (Lipinski definition) is 0. The van der Waals surface area contributed by atoms with Crippen LogP contribution in [0.4, 0.5) is 0 Å². The van der Waals surface area contributed by atoms with Crippen LogP contribution in [0.15, 0.2) is 0 Å². The minimum Gasteiger partial charge on any atom is -0.459 e. The lowest BCUT2D eigenvalue weighted by Crippen LogP contribution is -2.49. The summed E-state index contributed by atoms with van der Waals surface area (Å²) in [7, 11) is -3.14. The van der Waals surface area contributed by atoms with E-state index in [2.05, 4.69) is 6.07 Å². The lowest BCUT2D eigenvalue weighted by molar-refractivity contribution is -0.159.